The van der Waals surface area contributed by atoms with Crippen molar-refractivity contribution in [3.8, 4) is 11.1 Å². The number of nitrogens with zero attached hydrogens (tertiary/aromatic N) is 1. The first-order chi connectivity index (χ1) is 13.4. The fourth-order valence-electron chi connectivity index (χ4n) is 3.05. The highest BCUT2D eigenvalue weighted by molar-refractivity contribution is 5.94. The van der Waals surface area contributed by atoms with Gasteiger partial charge in [-0.3, -0.25) is 14.6 Å². The normalized spacial score (nSPS) is 11.9. The van der Waals surface area contributed by atoms with E-state index in [0.29, 0.717) is 11.1 Å². The molecule has 0 aliphatic carbocycles. The number of hydrogen-bond acceptors (Lipinski definition) is 3. The Morgan fingerprint density at radius 1 is 1.11 bits per heavy atom. The second kappa shape index (κ2) is 8.21. The Balaban J connectivity index is 1.79. The molecule has 0 fully saturated rings. The number of pyridine rings is 2. The number of hydrogen-bond donors (Lipinski definition) is 2. The van der Waals surface area contributed by atoms with Gasteiger partial charge >= 0.3 is 0 Å². The summed E-state index contributed by atoms with van der Waals surface area (Å²) in [7, 11) is 0. The van der Waals surface area contributed by atoms with Crippen LogP contribution < -0.4 is 10.9 Å². The fourth-order valence-corrected chi connectivity index (χ4v) is 3.05. The zero-order valence-electron chi connectivity index (χ0n) is 16.7. The van der Waals surface area contributed by atoms with Gasteiger partial charge in [-0.1, -0.05) is 25.1 Å². The van der Waals surface area contributed by atoms with Crippen molar-refractivity contribution in [1.82, 2.24) is 15.3 Å². The Kier molecular flexibility index (Phi) is 5.73. The number of nitrogens with one attached hydrogen (secondary N) is 2. The first-order valence-electron chi connectivity index (χ1n) is 9.43. The summed E-state index contributed by atoms with van der Waals surface area (Å²) in [6, 6.07) is 12.8. The van der Waals surface area contributed by atoms with E-state index >= 15 is 0 Å². The Labute approximate surface area is 164 Å². The van der Waals surface area contributed by atoms with Gasteiger partial charge in [0.15, 0.2) is 0 Å². The molecule has 3 rings (SSSR count). The number of H-pyrrole nitrogens is 1. The first-order valence-corrected chi connectivity index (χ1v) is 9.43. The van der Waals surface area contributed by atoms with Crippen molar-refractivity contribution in [2.45, 2.75) is 40.2 Å². The third-order valence-electron chi connectivity index (χ3n) is 4.96. The number of carbonyl (C=O) groups is 1. The van der Waals surface area contributed by atoms with Crippen LogP contribution in [0.3, 0.4) is 0 Å². The Bertz CT molecular complexity index is 1030. The largest absolute Gasteiger partial charge is 0.344 e. The minimum atomic E-state index is -0.158. The van der Waals surface area contributed by atoms with E-state index in [1.165, 1.54) is 0 Å². The van der Waals surface area contributed by atoms with E-state index < -0.39 is 0 Å². The lowest BCUT2D eigenvalue weighted by Gasteiger charge is -2.17. The smallest absolute Gasteiger partial charge is 0.256 e. The Hall–Kier alpha value is -3.21. The van der Waals surface area contributed by atoms with E-state index in [1.807, 2.05) is 45.9 Å². The third kappa shape index (κ3) is 4.19. The van der Waals surface area contributed by atoms with Crippen LogP contribution in [0.15, 0.2) is 53.5 Å². The minimum Gasteiger partial charge on any atom is -0.344 e. The molecule has 5 heteroatoms. The Morgan fingerprint density at radius 3 is 2.43 bits per heavy atom. The summed E-state index contributed by atoms with van der Waals surface area (Å²) in [6.45, 7) is 7.83. The summed E-state index contributed by atoms with van der Waals surface area (Å²) in [5.74, 6) is -0.158. The van der Waals surface area contributed by atoms with Crippen LogP contribution in [-0.2, 0) is 0 Å². The molecule has 1 amide bonds. The standard InChI is InChI=1S/C23H25N3O2/c1-5-20(21-11-6-14(2)13-24-21)26-22(27)18-9-7-17(8-10-18)19-12-15(3)16(4)25-23(19)28/h6-13,20H,5H2,1-4H3,(H,25,28)(H,26,27). The van der Waals surface area contributed by atoms with E-state index in [4.69, 9.17) is 0 Å². The predicted octanol–water partition coefficient (Wildman–Crippen LogP) is 4.24. The van der Waals surface area contributed by atoms with Crippen molar-refractivity contribution in [2.75, 3.05) is 0 Å². The van der Waals surface area contributed by atoms with Crippen molar-refractivity contribution < 1.29 is 4.79 Å². The van der Waals surface area contributed by atoms with Crippen LogP contribution in [-0.4, -0.2) is 15.9 Å². The zero-order valence-corrected chi connectivity index (χ0v) is 16.7. The fraction of sp³-hybridized carbons (Fsp3) is 0.261. The highest BCUT2D eigenvalue weighted by Crippen LogP contribution is 2.19. The maximum atomic E-state index is 12.7. The number of amides is 1. The molecule has 2 heterocycles. The monoisotopic (exact) mass is 375 g/mol. The molecule has 2 N–H and O–H groups in total. The highest BCUT2D eigenvalue weighted by atomic mass is 16.1. The topological polar surface area (TPSA) is 74.8 Å². The molecule has 0 aliphatic rings. The maximum Gasteiger partial charge on any atom is 0.256 e. The summed E-state index contributed by atoms with van der Waals surface area (Å²) >= 11 is 0. The van der Waals surface area contributed by atoms with Crippen molar-refractivity contribution >= 4 is 5.91 Å². The molecule has 3 aromatic rings. The van der Waals surface area contributed by atoms with Gasteiger partial charge in [0.2, 0.25) is 0 Å². The van der Waals surface area contributed by atoms with Crippen molar-refractivity contribution in [3.05, 3.63) is 87.1 Å². The van der Waals surface area contributed by atoms with E-state index in [-0.39, 0.29) is 17.5 Å². The van der Waals surface area contributed by atoms with Gasteiger partial charge in [-0.05, 0) is 68.1 Å². The lowest BCUT2D eigenvalue weighted by molar-refractivity contribution is 0.0934. The highest BCUT2D eigenvalue weighted by Gasteiger charge is 2.15. The van der Waals surface area contributed by atoms with E-state index in [2.05, 4.69) is 15.3 Å². The summed E-state index contributed by atoms with van der Waals surface area (Å²) in [5.41, 5.74) is 5.62. The molecule has 0 bridgehead atoms. The number of rotatable bonds is 5. The average molecular weight is 375 g/mol. The van der Waals surface area contributed by atoms with Crippen LogP contribution in [0.25, 0.3) is 11.1 Å². The zero-order chi connectivity index (χ0) is 20.3. The average Bonchev–Trinajstić information content (AvgIpc) is 2.69. The van der Waals surface area contributed by atoms with Crippen LogP contribution in [0, 0.1) is 20.8 Å². The van der Waals surface area contributed by atoms with Crippen molar-refractivity contribution in [2.24, 2.45) is 0 Å². The summed E-state index contributed by atoms with van der Waals surface area (Å²) in [4.78, 5) is 32.2. The van der Waals surface area contributed by atoms with E-state index in [9.17, 15) is 9.59 Å². The molecule has 2 aromatic heterocycles. The molecule has 0 saturated heterocycles. The number of aromatic nitrogens is 2. The second-order valence-corrected chi connectivity index (χ2v) is 7.09. The van der Waals surface area contributed by atoms with Crippen LogP contribution in [0.4, 0.5) is 0 Å². The molecular weight excluding hydrogens is 350 g/mol. The molecule has 1 atom stereocenters. The van der Waals surface area contributed by atoms with Crippen LogP contribution >= 0.6 is 0 Å². The number of aryl methyl sites for hydroxylation is 3. The van der Waals surface area contributed by atoms with Gasteiger partial charge in [0.05, 0.1) is 11.7 Å². The van der Waals surface area contributed by atoms with E-state index in [0.717, 1.165) is 34.5 Å². The Morgan fingerprint density at radius 2 is 1.82 bits per heavy atom. The molecule has 5 nitrogen and oxygen atoms in total. The van der Waals surface area contributed by atoms with Gasteiger partial charge in [-0.25, -0.2) is 0 Å². The molecule has 28 heavy (non-hydrogen) atoms. The quantitative estimate of drug-likeness (QED) is 0.700. The van der Waals surface area contributed by atoms with Gasteiger partial charge in [0.1, 0.15) is 0 Å². The molecule has 0 saturated carbocycles. The molecule has 0 spiro atoms. The predicted molar refractivity (Wildman–Crippen MR) is 111 cm³/mol. The first kappa shape index (κ1) is 19.5. The van der Waals surface area contributed by atoms with Gasteiger partial charge in [0, 0.05) is 23.0 Å². The number of benzene rings is 1. The lowest BCUT2D eigenvalue weighted by atomic mass is 10.0. The minimum absolute atomic E-state index is 0.128. The van der Waals surface area contributed by atoms with Crippen LogP contribution in [0.2, 0.25) is 0 Å². The molecule has 1 aromatic carbocycles. The van der Waals surface area contributed by atoms with Crippen molar-refractivity contribution in [3.63, 3.8) is 0 Å². The summed E-state index contributed by atoms with van der Waals surface area (Å²) in [5, 5.41) is 3.04. The number of aromatic amines is 1. The number of carbonyl (C=O) groups excluding carboxylic acids is 1. The van der Waals surface area contributed by atoms with Crippen LogP contribution in [0.5, 0.6) is 0 Å². The lowest BCUT2D eigenvalue weighted by Crippen LogP contribution is -2.28. The summed E-state index contributed by atoms with van der Waals surface area (Å²) in [6.07, 6.45) is 2.55. The molecule has 0 radical (unpaired) electrons. The molecular formula is C23H25N3O2. The van der Waals surface area contributed by atoms with Crippen LogP contribution in [0.1, 0.15) is 52.3 Å². The van der Waals surface area contributed by atoms with Crippen molar-refractivity contribution in [1.29, 1.82) is 0 Å². The third-order valence-corrected chi connectivity index (χ3v) is 4.96. The summed E-state index contributed by atoms with van der Waals surface area (Å²) < 4.78 is 0. The van der Waals surface area contributed by atoms with Gasteiger partial charge in [-0.2, -0.15) is 0 Å². The molecule has 144 valence electrons. The second-order valence-electron chi connectivity index (χ2n) is 7.09. The van der Waals surface area contributed by atoms with Gasteiger partial charge < -0.3 is 10.3 Å². The van der Waals surface area contributed by atoms with Gasteiger partial charge in [-0.15, -0.1) is 0 Å². The molecule has 1 unspecified atom stereocenters. The SMILES string of the molecule is CCC(NC(=O)c1ccc(-c2cc(C)c(C)[nH]c2=O)cc1)c1ccc(C)cn1. The maximum absolute atomic E-state index is 12.7. The van der Waals surface area contributed by atoms with Gasteiger partial charge in [0.25, 0.3) is 11.5 Å². The van der Waals surface area contributed by atoms with E-state index in [1.54, 1.807) is 30.5 Å². The molecule has 0 aliphatic heterocycles.